The van der Waals surface area contributed by atoms with Crippen LogP contribution >= 0.6 is 0 Å². The van der Waals surface area contributed by atoms with Crippen molar-refractivity contribution in [3.05, 3.63) is 47.8 Å². The van der Waals surface area contributed by atoms with E-state index >= 15 is 0 Å². The molecule has 4 aliphatic rings. The van der Waals surface area contributed by atoms with Gasteiger partial charge in [-0.15, -0.1) is 0 Å². The van der Waals surface area contributed by atoms with Gasteiger partial charge in [0.05, 0.1) is 31.7 Å². The van der Waals surface area contributed by atoms with Crippen molar-refractivity contribution in [2.45, 2.75) is 68.9 Å². The lowest BCUT2D eigenvalue weighted by molar-refractivity contribution is -0.137. The van der Waals surface area contributed by atoms with Crippen molar-refractivity contribution >= 4 is 5.82 Å². The number of hydrogen-bond acceptors (Lipinski definition) is 8. The molecule has 1 N–H and O–H groups in total. The van der Waals surface area contributed by atoms with Gasteiger partial charge in [-0.3, -0.25) is 4.98 Å². The third-order valence-corrected chi connectivity index (χ3v) is 8.86. The minimum atomic E-state index is -4.37. The van der Waals surface area contributed by atoms with E-state index in [0.29, 0.717) is 35.7 Å². The molecule has 3 aromatic rings. The molecular formula is C28H31F3N6O2. The highest BCUT2D eigenvalue weighted by Gasteiger charge is 2.50. The second-order valence-corrected chi connectivity index (χ2v) is 11.1. The zero-order valence-corrected chi connectivity index (χ0v) is 22.0. The zero-order valence-electron chi connectivity index (χ0n) is 22.0. The van der Waals surface area contributed by atoms with Gasteiger partial charge in [0, 0.05) is 29.8 Å². The van der Waals surface area contributed by atoms with Gasteiger partial charge in [0.25, 0.3) is 0 Å². The average Bonchev–Trinajstić information content (AvgIpc) is 3.82. The van der Waals surface area contributed by atoms with Crippen LogP contribution in [0.15, 0.2) is 30.9 Å². The highest BCUT2D eigenvalue weighted by Crippen LogP contribution is 2.57. The smallest absolute Gasteiger partial charge is 0.417 e. The van der Waals surface area contributed by atoms with Gasteiger partial charge in [0.15, 0.2) is 17.4 Å². The van der Waals surface area contributed by atoms with Crippen molar-refractivity contribution < 1.29 is 22.6 Å². The fraction of sp³-hybridized carbons (Fsp3) is 0.536. The van der Waals surface area contributed by atoms with Crippen molar-refractivity contribution in [3.8, 4) is 23.0 Å². The first-order valence-electron chi connectivity index (χ1n) is 13.3. The number of nitrogens with one attached hydrogen (secondary N) is 1. The van der Waals surface area contributed by atoms with Gasteiger partial charge in [-0.25, -0.2) is 19.9 Å². The molecule has 4 aliphatic carbocycles. The van der Waals surface area contributed by atoms with Crippen LogP contribution in [0.1, 0.15) is 74.2 Å². The van der Waals surface area contributed by atoms with Crippen molar-refractivity contribution in [3.63, 3.8) is 0 Å². The molecule has 0 amide bonds. The number of halogens is 3. The Bertz CT molecular complexity index is 1340. The van der Waals surface area contributed by atoms with Crippen LogP contribution in [-0.4, -0.2) is 45.7 Å². The molecule has 8 nitrogen and oxygen atoms in total. The van der Waals surface area contributed by atoms with Crippen LogP contribution in [0.3, 0.4) is 0 Å². The van der Waals surface area contributed by atoms with Crippen molar-refractivity contribution in [1.82, 2.24) is 24.9 Å². The van der Waals surface area contributed by atoms with Gasteiger partial charge in [-0.2, -0.15) is 13.2 Å². The first kappa shape index (κ1) is 25.8. The Morgan fingerprint density at radius 3 is 2.26 bits per heavy atom. The lowest BCUT2D eigenvalue weighted by atomic mass is 9.52. The average molecular weight is 541 g/mol. The van der Waals surface area contributed by atoms with Crippen molar-refractivity contribution in [2.24, 2.45) is 5.41 Å². The van der Waals surface area contributed by atoms with Gasteiger partial charge in [-0.05, 0) is 68.9 Å². The third kappa shape index (κ3) is 4.76. The predicted octanol–water partition coefficient (Wildman–Crippen LogP) is 5.95. The van der Waals surface area contributed by atoms with E-state index in [1.807, 2.05) is 0 Å². The van der Waals surface area contributed by atoms with Gasteiger partial charge in [-0.1, -0.05) is 0 Å². The summed E-state index contributed by atoms with van der Waals surface area (Å²) in [6.07, 6.45) is 7.54. The molecule has 7 rings (SSSR count). The van der Waals surface area contributed by atoms with Crippen LogP contribution in [0.5, 0.6) is 11.6 Å². The number of nitrogens with zero attached hydrogens (tertiary/aromatic N) is 5. The maximum absolute atomic E-state index is 13.0. The second-order valence-electron chi connectivity index (χ2n) is 11.1. The largest absolute Gasteiger partial charge is 0.491 e. The zero-order chi connectivity index (χ0) is 27.3. The first-order valence-corrected chi connectivity index (χ1v) is 13.3. The van der Waals surface area contributed by atoms with Gasteiger partial charge < -0.3 is 14.8 Å². The first-order chi connectivity index (χ1) is 18.8. The minimum absolute atomic E-state index is 0.0799. The van der Waals surface area contributed by atoms with Crippen LogP contribution in [0.4, 0.5) is 19.0 Å². The van der Waals surface area contributed by atoms with Crippen LogP contribution < -0.4 is 14.8 Å². The van der Waals surface area contributed by atoms with Gasteiger partial charge in [0.2, 0.25) is 5.88 Å². The SMILES string of the molecule is COc1cnc(-c2c(OC)ncnc2C2CC2)nc1NCC12CCC(c3ccc(C(F)(F)F)cn3)(CC1)CC2. The summed E-state index contributed by atoms with van der Waals surface area (Å²) in [5.74, 6) is 2.47. The summed E-state index contributed by atoms with van der Waals surface area (Å²) >= 11 is 0. The molecule has 0 unspecified atom stereocenters. The number of fused-ring (bicyclic) bond motifs is 3. The molecule has 0 radical (unpaired) electrons. The van der Waals surface area contributed by atoms with Crippen LogP contribution in [0.2, 0.25) is 0 Å². The normalized spacial score (nSPS) is 24.4. The monoisotopic (exact) mass is 540 g/mol. The third-order valence-electron chi connectivity index (χ3n) is 8.86. The van der Waals surface area contributed by atoms with E-state index < -0.39 is 11.7 Å². The standard InChI is InChI=1S/C28H31F3N6O2/c1-38-19-14-33-24(21-22(17-3-4-17)35-16-36-25(21)39-2)37-23(19)34-15-26-7-10-27(11-8-26,12-9-26)20-6-5-18(13-32-20)28(29,30)31/h5-6,13-14,16-17H,3-4,7-12,15H2,1-2H3,(H,33,34,37). The Labute approximate surface area is 224 Å². The fourth-order valence-electron chi connectivity index (χ4n) is 6.24. The number of rotatable bonds is 8. The Hall–Kier alpha value is -3.50. The van der Waals surface area contributed by atoms with E-state index in [1.54, 1.807) is 26.5 Å². The number of methoxy groups -OCH3 is 2. The summed E-state index contributed by atoms with van der Waals surface area (Å²) < 4.78 is 50.2. The molecule has 0 aliphatic heterocycles. The maximum Gasteiger partial charge on any atom is 0.417 e. The number of anilines is 1. The summed E-state index contributed by atoms with van der Waals surface area (Å²) in [5.41, 5.74) is 1.64. The molecule has 0 aromatic carbocycles. The number of aromatic nitrogens is 5. The van der Waals surface area contributed by atoms with Crippen LogP contribution in [-0.2, 0) is 11.6 Å². The molecule has 0 saturated heterocycles. The molecule has 0 spiro atoms. The number of alkyl halides is 3. The number of hydrogen-bond donors (Lipinski definition) is 1. The topological polar surface area (TPSA) is 94.9 Å². The van der Waals surface area contributed by atoms with Gasteiger partial charge in [0.1, 0.15) is 11.9 Å². The lowest BCUT2D eigenvalue weighted by Gasteiger charge is -2.53. The van der Waals surface area contributed by atoms with Crippen LogP contribution in [0.25, 0.3) is 11.4 Å². The quantitative estimate of drug-likeness (QED) is 0.375. The molecule has 39 heavy (non-hydrogen) atoms. The summed E-state index contributed by atoms with van der Waals surface area (Å²) in [6.45, 7) is 0.717. The second kappa shape index (κ2) is 9.60. The molecule has 0 atom stereocenters. The highest BCUT2D eigenvalue weighted by molar-refractivity contribution is 5.68. The molecule has 4 saturated carbocycles. The molecule has 3 aromatic heterocycles. The van der Waals surface area contributed by atoms with E-state index in [-0.39, 0.29) is 10.8 Å². The molecule has 4 fully saturated rings. The molecule has 3 heterocycles. The van der Waals surface area contributed by atoms with E-state index in [2.05, 4.69) is 25.3 Å². The number of pyridine rings is 1. The van der Waals surface area contributed by atoms with E-state index in [4.69, 9.17) is 14.5 Å². The van der Waals surface area contributed by atoms with E-state index in [0.717, 1.165) is 80.6 Å². The van der Waals surface area contributed by atoms with E-state index in [9.17, 15) is 13.2 Å². The summed E-state index contributed by atoms with van der Waals surface area (Å²) in [5, 5.41) is 3.54. The van der Waals surface area contributed by atoms with Crippen molar-refractivity contribution in [1.29, 1.82) is 0 Å². The summed E-state index contributed by atoms with van der Waals surface area (Å²) in [6, 6.07) is 2.74. The Morgan fingerprint density at radius 2 is 1.67 bits per heavy atom. The molecule has 2 bridgehead atoms. The van der Waals surface area contributed by atoms with Gasteiger partial charge >= 0.3 is 6.18 Å². The minimum Gasteiger partial charge on any atom is -0.491 e. The Kier molecular flexibility index (Phi) is 6.34. The Balaban J connectivity index is 1.19. The fourth-order valence-corrected chi connectivity index (χ4v) is 6.24. The van der Waals surface area contributed by atoms with E-state index in [1.165, 1.54) is 6.33 Å². The summed E-state index contributed by atoms with van der Waals surface area (Å²) in [4.78, 5) is 22.4. The summed E-state index contributed by atoms with van der Waals surface area (Å²) in [7, 11) is 3.17. The lowest BCUT2D eigenvalue weighted by Crippen LogP contribution is -2.47. The number of ether oxygens (including phenoxy) is 2. The maximum atomic E-state index is 13.0. The highest BCUT2D eigenvalue weighted by atomic mass is 19.4. The Morgan fingerprint density at radius 1 is 0.923 bits per heavy atom. The van der Waals surface area contributed by atoms with Crippen molar-refractivity contribution in [2.75, 3.05) is 26.1 Å². The predicted molar refractivity (Wildman–Crippen MR) is 138 cm³/mol. The molecule has 11 heteroatoms. The van der Waals surface area contributed by atoms with Crippen LogP contribution in [0, 0.1) is 5.41 Å². The molecular weight excluding hydrogens is 509 g/mol. The molecule has 206 valence electrons.